The number of hydrogen-bond donors (Lipinski definition) is 2. The second kappa shape index (κ2) is 9.57. The molecule has 2 aromatic carbocycles. The summed E-state index contributed by atoms with van der Waals surface area (Å²) in [5.74, 6) is 1.78. The van der Waals surface area contributed by atoms with Gasteiger partial charge in [0, 0.05) is 12.1 Å². The molecule has 0 aromatic heterocycles. The van der Waals surface area contributed by atoms with Crippen LogP contribution < -0.4 is 15.8 Å². The smallest absolute Gasteiger partial charge is 0.222 e. The molecule has 0 aliphatic heterocycles. The van der Waals surface area contributed by atoms with E-state index in [0.29, 0.717) is 11.5 Å². The van der Waals surface area contributed by atoms with E-state index < -0.39 is 0 Å². The van der Waals surface area contributed by atoms with E-state index in [1.807, 2.05) is 37.3 Å². The zero-order valence-corrected chi connectivity index (χ0v) is 16.5. The Morgan fingerprint density at radius 1 is 1.11 bits per heavy atom. The number of rotatable bonds is 6. The number of para-hydroxylation sites is 1. The first-order chi connectivity index (χ1) is 12.9. The van der Waals surface area contributed by atoms with Crippen LogP contribution in [-0.4, -0.2) is 25.4 Å². The first-order valence-electron chi connectivity index (χ1n) is 8.93. The van der Waals surface area contributed by atoms with Gasteiger partial charge >= 0.3 is 0 Å². The summed E-state index contributed by atoms with van der Waals surface area (Å²) in [4.78, 5) is 8.64. The molecule has 0 fully saturated rings. The van der Waals surface area contributed by atoms with Crippen LogP contribution in [-0.2, 0) is 6.42 Å². The second-order valence-electron chi connectivity index (χ2n) is 6.35. The van der Waals surface area contributed by atoms with Crippen LogP contribution in [0.5, 0.6) is 5.75 Å². The van der Waals surface area contributed by atoms with Crippen LogP contribution in [0.3, 0.4) is 0 Å². The molecule has 3 N–H and O–H groups in total. The van der Waals surface area contributed by atoms with Crippen LogP contribution in [0.1, 0.15) is 29.2 Å². The lowest BCUT2D eigenvalue weighted by atomic mass is 10.0. The first-order valence-corrected chi connectivity index (χ1v) is 8.93. The SMILES string of the molecule is C=C(/N=C(N)\N=C(/C)NCCc1ccccc1OC)c1cccc(C)c1C. The van der Waals surface area contributed by atoms with Crippen molar-refractivity contribution in [2.75, 3.05) is 13.7 Å². The van der Waals surface area contributed by atoms with Crippen molar-refractivity contribution < 1.29 is 4.74 Å². The summed E-state index contributed by atoms with van der Waals surface area (Å²) in [5.41, 5.74) is 11.0. The van der Waals surface area contributed by atoms with Gasteiger partial charge < -0.3 is 15.8 Å². The third-order valence-corrected chi connectivity index (χ3v) is 4.41. The molecule has 0 bridgehead atoms. The molecule has 5 heteroatoms. The number of nitrogens with one attached hydrogen (secondary N) is 1. The largest absolute Gasteiger partial charge is 0.496 e. The van der Waals surface area contributed by atoms with Crippen molar-refractivity contribution in [3.63, 3.8) is 0 Å². The Morgan fingerprint density at radius 2 is 1.85 bits per heavy atom. The minimum absolute atomic E-state index is 0.184. The number of methoxy groups -OCH3 is 1. The van der Waals surface area contributed by atoms with E-state index in [2.05, 4.69) is 47.9 Å². The molecule has 0 unspecified atom stereocenters. The molecular weight excluding hydrogens is 336 g/mol. The van der Waals surface area contributed by atoms with Gasteiger partial charge in [-0.15, -0.1) is 0 Å². The first kappa shape index (κ1) is 20.2. The lowest BCUT2D eigenvalue weighted by molar-refractivity contribution is 0.409. The fourth-order valence-electron chi connectivity index (χ4n) is 2.79. The zero-order chi connectivity index (χ0) is 19.8. The molecule has 0 spiro atoms. The Balaban J connectivity index is 1.97. The molecule has 0 heterocycles. The maximum absolute atomic E-state index is 5.97. The van der Waals surface area contributed by atoms with E-state index in [1.165, 1.54) is 5.56 Å². The van der Waals surface area contributed by atoms with Crippen LogP contribution in [0.15, 0.2) is 59.0 Å². The minimum atomic E-state index is 0.184. The van der Waals surface area contributed by atoms with Crippen molar-refractivity contribution in [2.24, 2.45) is 15.7 Å². The number of nitrogens with zero attached hydrogens (tertiary/aromatic N) is 2. The van der Waals surface area contributed by atoms with Crippen molar-refractivity contribution in [1.29, 1.82) is 0 Å². The summed E-state index contributed by atoms with van der Waals surface area (Å²) in [5, 5.41) is 3.25. The number of aryl methyl sites for hydroxylation is 1. The summed E-state index contributed by atoms with van der Waals surface area (Å²) in [6, 6.07) is 14.0. The topological polar surface area (TPSA) is 72.0 Å². The van der Waals surface area contributed by atoms with Gasteiger partial charge in [0.05, 0.1) is 12.8 Å². The molecule has 0 radical (unpaired) electrons. The lowest BCUT2D eigenvalue weighted by Gasteiger charge is -2.10. The predicted molar refractivity (Wildman–Crippen MR) is 114 cm³/mol. The quantitative estimate of drug-likeness (QED) is 0.604. The van der Waals surface area contributed by atoms with Gasteiger partial charge in [0.15, 0.2) is 0 Å². The standard InChI is InChI=1S/C22H28N4O/c1-15-9-8-11-20(16(15)2)17(3)25-22(23)26-18(4)24-14-13-19-10-6-7-12-21(19)27-5/h6-12H,3,13-14H2,1-2,4-5H3,(H3,23,24,25,26). The van der Waals surface area contributed by atoms with E-state index in [4.69, 9.17) is 10.5 Å². The third-order valence-electron chi connectivity index (χ3n) is 4.41. The highest BCUT2D eigenvalue weighted by molar-refractivity contribution is 5.96. The summed E-state index contributed by atoms with van der Waals surface area (Å²) >= 11 is 0. The molecule has 2 rings (SSSR count). The van der Waals surface area contributed by atoms with E-state index in [0.717, 1.165) is 35.4 Å². The molecule has 0 amide bonds. The van der Waals surface area contributed by atoms with Crippen molar-refractivity contribution in [3.8, 4) is 5.75 Å². The van der Waals surface area contributed by atoms with Crippen LogP contribution in [0.25, 0.3) is 5.70 Å². The van der Waals surface area contributed by atoms with Crippen molar-refractivity contribution in [1.82, 2.24) is 5.32 Å². The maximum atomic E-state index is 5.97. The third kappa shape index (κ3) is 5.71. The van der Waals surface area contributed by atoms with Gasteiger partial charge in [0.2, 0.25) is 5.96 Å². The van der Waals surface area contributed by atoms with E-state index in [9.17, 15) is 0 Å². The molecule has 0 atom stereocenters. The van der Waals surface area contributed by atoms with Gasteiger partial charge in [0.25, 0.3) is 0 Å². The molecule has 142 valence electrons. The van der Waals surface area contributed by atoms with Gasteiger partial charge in [-0.2, -0.15) is 0 Å². The average molecular weight is 364 g/mol. The number of amidine groups is 1. The molecule has 5 nitrogen and oxygen atoms in total. The van der Waals surface area contributed by atoms with E-state index >= 15 is 0 Å². The van der Waals surface area contributed by atoms with Crippen molar-refractivity contribution in [2.45, 2.75) is 27.2 Å². The highest BCUT2D eigenvalue weighted by atomic mass is 16.5. The summed E-state index contributed by atoms with van der Waals surface area (Å²) in [7, 11) is 1.68. The summed E-state index contributed by atoms with van der Waals surface area (Å²) in [6.45, 7) is 10.7. The normalized spacial score (nSPS) is 12.0. The van der Waals surface area contributed by atoms with Crippen LogP contribution in [0.2, 0.25) is 0 Å². The molecule has 0 aliphatic rings. The number of guanidine groups is 1. The summed E-state index contributed by atoms with van der Waals surface area (Å²) < 4.78 is 5.36. The molecular formula is C22H28N4O. The Bertz CT molecular complexity index is 868. The predicted octanol–water partition coefficient (Wildman–Crippen LogP) is 3.85. The number of benzene rings is 2. The Labute approximate surface area is 161 Å². The molecule has 2 aromatic rings. The number of aliphatic imine (C=N–C) groups is 2. The zero-order valence-electron chi connectivity index (χ0n) is 16.5. The number of hydrogen-bond acceptors (Lipinski definition) is 2. The Hall–Kier alpha value is -3.08. The van der Waals surface area contributed by atoms with Gasteiger partial charge in [-0.3, -0.25) is 0 Å². The summed E-state index contributed by atoms with van der Waals surface area (Å²) in [6.07, 6.45) is 0.823. The Morgan fingerprint density at radius 3 is 2.59 bits per heavy atom. The van der Waals surface area contributed by atoms with Gasteiger partial charge in [-0.25, -0.2) is 9.98 Å². The van der Waals surface area contributed by atoms with Crippen molar-refractivity contribution >= 4 is 17.5 Å². The van der Waals surface area contributed by atoms with Crippen LogP contribution in [0, 0.1) is 13.8 Å². The number of nitrogens with two attached hydrogens (primary N) is 1. The highest BCUT2D eigenvalue weighted by Crippen LogP contribution is 2.21. The molecule has 0 saturated heterocycles. The minimum Gasteiger partial charge on any atom is -0.496 e. The molecule has 27 heavy (non-hydrogen) atoms. The highest BCUT2D eigenvalue weighted by Gasteiger charge is 2.05. The monoisotopic (exact) mass is 364 g/mol. The lowest BCUT2D eigenvalue weighted by Crippen LogP contribution is -2.25. The second-order valence-corrected chi connectivity index (χ2v) is 6.35. The number of ether oxygens (including phenoxy) is 1. The van der Waals surface area contributed by atoms with E-state index in [-0.39, 0.29) is 5.96 Å². The van der Waals surface area contributed by atoms with Gasteiger partial charge in [0.1, 0.15) is 11.6 Å². The van der Waals surface area contributed by atoms with Crippen molar-refractivity contribution in [3.05, 3.63) is 71.3 Å². The molecule has 0 saturated carbocycles. The van der Waals surface area contributed by atoms with E-state index in [1.54, 1.807) is 7.11 Å². The maximum Gasteiger partial charge on any atom is 0.222 e. The average Bonchev–Trinajstić information content (AvgIpc) is 2.64. The van der Waals surface area contributed by atoms with Crippen LogP contribution >= 0.6 is 0 Å². The van der Waals surface area contributed by atoms with Gasteiger partial charge in [-0.1, -0.05) is 43.0 Å². The molecule has 0 aliphatic carbocycles. The fraction of sp³-hybridized carbons (Fsp3) is 0.273. The fourth-order valence-corrected chi connectivity index (χ4v) is 2.79. The Kier molecular flexibility index (Phi) is 7.17. The van der Waals surface area contributed by atoms with Gasteiger partial charge in [-0.05, 0) is 49.9 Å². The van der Waals surface area contributed by atoms with Crippen LogP contribution in [0.4, 0.5) is 0 Å².